The Hall–Kier alpha value is -0.670. The van der Waals surface area contributed by atoms with Crippen LogP contribution in [0, 0.1) is 0 Å². The van der Waals surface area contributed by atoms with E-state index in [4.69, 9.17) is 0 Å². The van der Waals surface area contributed by atoms with Crippen LogP contribution >= 0.6 is 0 Å². The van der Waals surface area contributed by atoms with Crippen LogP contribution < -0.4 is 0 Å². The van der Waals surface area contributed by atoms with Crippen molar-refractivity contribution in [3.05, 3.63) is 12.3 Å². The molecular formula is C7H12F3N. The van der Waals surface area contributed by atoms with E-state index >= 15 is 0 Å². The SMILES string of the molecule is C=C(CCC(F)(F)F)N(C)C. The van der Waals surface area contributed by atoms with E-state index in [1.54, 1.807) is 19.0 Å². The summed E-state index contributed by atoms with van der Waals surface area (Å²) < 4.78 is 34.9. The molecule has 0 saturated carbocycles. The third-order valence-corrected chi connectivity index (χ3v) is 1.33. The lowest BCUT2D eigenvalue weighted by Gasteiger charge is -2.15. The lowest BCUT2D eigenvalue weighted by molar-refractivity contribution is -0.134. The number of nitrogens with zero attached hydrogens (tertiary/aromatic N) is 1. The normalized spacial score (nSPS) is 11.4. The van der Waals surface area contributed by atoms with Gasteiger partial charge in [0.05, 0.1) is 0 Å². The number of allylic oxidation sites excluding steroid dienone is 1. The summed E-state index contributed by atoms with van der Waals surface area (Å²) in [5, 5.41) is 0. The van der Waals surface area contributed by atoms with E-state index in [1.807, 2.05) is 0 Å². The summed E-state index contributed by atoms with van der Waals surface area (Å²) in [4.78, 5) is 1.59. The fourth-order valence-corrected chi connectivity index (χ4v) is 0.510. The van der Waals surface area contributed by atoms with Crippen molar-refractivity contribution in [3.8, 4) is 0 Å². The van der Waals surface area contributed by atoms with Crippen molar-refractivity contribution in [1.82, 2.24) is 4.90 Å². The molecule has 0 spiro atoms. The number of hydrogen-bond donors (Lipinski definition) is 0. The third kappa shape index (κ3) is 5.76. The molecule has 0 bridgehead atoms. The molecule has 0 aromatic heterocycles. The Labute approximate surface area is 64.5 Å². The molecule has 0 aliphatic heterocycles. The molecule has 0 unspecified atom stereocenters. The standard InChI is InChI=1S/C7H12F3N/c1-6(11(2)3)4-5-7(8,9)10/h1,4-5H2,2-3H3. The zero-order valence-electron chi connectivity index (χ0n) is 6.70. The van der Waals surface area contributed by atoms with Crippen LogP contribution in [0.2, 0.25) is 0 Å². The van der Waals surface area contributed by atoms with Gasteiger partial charge in [0.2, 0.25) is 0 Å². The second-order valence-corrected chi connectivity index (χ2v) is 2.58. The van der Waals surface area contributed by atoms with Crippen LogP contribution in [0.5, 0.6) is 0 Å². The summed E-state index contributed by atoms with van der Waals surface area (Å²) in [7, 11) is 3.36. The molecule has 66 valence electrons. The summed E-state index contributed by atoms with van der Waals surface area (Å²) in [5.41, 5.74) is 0.502. The Balaban J connectivity index is 3.64. The van der Waals surface area contributed by atoms with E-state index in [9.17, 15) is 13.2 Å². The monoisotopic (exact) mass is 167 g/mol. The van der Waals surface area contributed by atoms with Crippen LogP contribution in [0.3, 0.4) is 0 Å². The fraction of sp³-hybridized carbons (Fsp3) is 0.714. The Kier molecular flexibility index (Phi) is 3.42. The second-order valence-electron chi connectivity index (χ2n) is 2.58. The van der Waals surface area contributed by atoms with Crippen molar-refractivity contribution in [2.75, 3.05) is 14.1 Å². The van der Waals surface area contributed by atoms with Gasteiger partial charge in [0.25, 0.3) is 0 Å². The molecule has 11 heavy (non-hydrogen) atoms. The van der Waals surface area contributed by atoms with E-state index in [1.165, 1.54) is 0 Å². The lowest BCUT2D eigenvalue weighted by Crippen LogP contribution is -2.14. The zero-order chi connectivity index (χ0) is 9.07. The van der Waals surface area contributed by atoms with E-state index < -0.39 is 12.6 Å². The molecule has 0 saturated heterocycles. The van der Waals surface area contributed by atoms with Gasteiger partial charge in [-0.25, -0.2) is 0 Å². The molecule has 0 aliphatic carbocycles. The van der Waals surface area contributed by atoms with Crippen LogP contribution in [-0.2, 0) is 0 Å². The van der Waals surface area contributed by atoms with Gasteiger partial charge >= 0.3 is 6.18 Å². The van der Waals surface area contributed by atoms with Crippen LogP contribution in [-0.4, -0.2) is 25.2 Å². The number of rotatable bonds is 3. The largest absolute Gasteiger partial charge is 0.389 e. The van der Waals surface area contributed by atoms with Crippen LogP contribution in [0.4, 0.5) is 13.2 Å². The first kappa shape index (κ1) is 10.3. The van der Waals surface area contributed by atoms with Gasteiger partial charge < -0.3 is 4.90 Å². The average molecular weight is 167 g/mol. The van der Waals surface area contributed by atoms with Crippen LogP contribution in [0.1, 0.15) is 12.8 Å². The lowest BCUT2D eigenvalue weighted by atomic mass is 10.2. The van der Waals surface area contributed by atoms with Crippen LogP contribution in [0.25, 0.3) is 0 Å². The molecule has 0 atom stereocenters. The molecule has 0 aromatic carbocycles. The van der Waals surface area contributed by atoms with Crippen molar-refractivity contribution in [2.24, 2.45) is 0 Å². The van der Waals surface area contributed by atoms with E-state index in [-0.39, 0.29) is 6.42 Å². The number of alkyl halides is 3. The van der Waals surface area contributed by atoms with Gasteiger partial charge in [-0.2, -0.15) is 13.2 Å². The van der Waals surface area contributed by atoms with Gasteiger partial charge in [0.15, 0.2) is 0 Å². The first-order valence-corrected chi connectivity index (χ1v) is 3.25. The minimum absolute atomic E-state index is 0.0174. The van der Waals surface area contributed by atoms with Gasteiger partial charge in [-0.1, -0.05) is 6.58 Å². The van der Waals surface area contributed by atoms with Crippen molar-refractivity contribution in [1.29, 1.82) is 0 Å². The molecule has 1 nitrogen and oxygen atoms in total. The van der Waals surface area contributed by atoms with E-state index in [0.29, 0.717) is 5.70 Å². The van der Waals surface area contributed by atoms with Crippen molar-refractivity contribution in [2.45, 2.75) is 19.0 Å². The van der Waals surface area contributed by atoms with Crippen molar-refractivity contribution in [3.63, 3.8) is 0 Å². The zero-order valence-corrected chi connectivity index (χ0v) is 6.70. The summed E-state index contributed by atoms with van der Waals surface area (Å²) in [6.45, 7) is 3.48. The molecule has 0 rings (SSSR count). The molecule has 0 N–H and O–H groups in total. The predicted molar refractivity (Wildman–Crippen MR) is 38.1 cm³/mol. The summed E-state index contributed by atoms with van der Waals surface area (Å²) in [6.07, 6.45) is -4.88. The Morgan fingerprint density at radius 1 is 1.36 bits per heavy atom. The number of halogens is 3. The predicted octanol–water partition coefficient (Wildman–Crippen LogP) is 2.40. The molecule has 4 heteroatoms. The van der Waals surface area contributed by atoms with Gasteiger partial charge in [-0.3, -0.25) is 0 Å². The molecule has 0 aliphatic rings. The van der Waals surface area contributed by atoms with Gasteiger partial charge in [-0.15, -0.1) is 0 Å². The summed E-state index contributed by atoms with van der Waals surface area (Å²) in [6, 6.07) is 0. The molecule has 0 fully saturated rings. The van der Waals surface area contributed by atoms with E-state index in [2.05, 4.69) is 6.58 Å². The first-order valence-electron chi connectivity index (χ1n) is 3.25. The maximum Gasteiger partial charge on any atom is 0.389 e. The molecule has 0 aromatic rings. The highest BCUT2D eigenvalue weighted by Gasteiger charge is 2.26. The summed E-state index contributed by atoms with van der Waals surface area (Å²) in [5.74, 6) is 0. The minimum Gasteiger partial charge on any atom is -0.381 e. The quantitative estimate of drug-likeness (QED) is 0.623. The smallest absolute Gasteiger partial charge is 0.381 e. The van der Waals surface area contributed by atoms with Gasteiger partial charge in [0, 0.05) is 26.2 Å². The molecular weight excluding hydrogens is 155 g/mol. The van der Waals surface area contributed by atoms with Crippen molar-refractivity contribution >= 4 is 0 Å². The second kappa shape index (κ2) is 3.64. The highest BCUT2D eigenvalue weighted by atomic mass is 19.4. The van der Waals surface area contributed by atoms with Gasteiger partial charge in [-0.05, 0) is 6.42 Å². The number of hydrogen-bond acceptors (Lipinski definition) is 1. The molecule has 0 amide bonds. The Morgan fingerprint density at radius 3 is 2.09 bits per heavy atom. The highest BCUT2D eigenvalue weighted by Crippen LogP contribution is 2.23. The van der Waals surface area contributed by atoms with Gasteiger partial charge in [0.1, 0.15) is 0 Å². The highest BCUT2D eigenvalue weighted by molar-refractivity contribution is 4.90. The molecule has 0 radical (unpaired) electrons. The average Bonchev–Trinajstić information content (AvgIpc) is 1.80. The first-order chi connectivity index (χ1) is 4.83. The molecule has 0 heterocycles. The Morgan fingerprint density at radius 2 is 1.82 bits per heavy atom. The van der Waals surface area contributed by atoms with Crippen LogP contribution in [0.15, 0.2) is 12.3 Å². The maximum atomic E-state index is 11.6. The summed E-state index contributed by atoms with van der Waals surface area (Å²) >= 11 is 0. The topological polar surface area (TPSA) is 3.24 Å². The minimum atomic E-state index is -4.07. The van der Waals surface area contributed by atoms with Crippen molar-refractivity contribution < 1.29 is 13.2 Å². The Bertz CT molecular complexity index is 137. The third-order valence-electron chi connectivity index (χ3n) is 1.33. The fourth-order valence-electron chi connectivity index (χ4n) is 0.510. The maximum absolute atomic E-state index is 11.6. The van der Waals surface area contributed by atoms with E-state index in [0.717, 1.165) is 0 Å².